The highest BCUT2D eigenvalue weighted by Crippen LogP contribution is 2.66. The molecule has 9 rings (SSSR count). The van der Waals surface area contributed by atoms with Crippen molar-refractivity contribution >= 4 is 32.9 Å². The van der Waals surface area contributed by atoms with Gasteiger partial charge in [-0.3, -0.25) is 14.5 Å². The molecule has 1 spiro atoms. The van der Waals surface area contributed by atoms with Crippen LogP contribution in [0.3, 0.4) is 0 Å². The fraction of sp³-hybridized carbons (Fsp3) is 0.529. The molecule has 5 heterocycles. The molecule has 11 heteroatoms. The Morgan fingerprint density at radius 1 is 0.933 bits per heavy atom. The lowest BCUT2D eigenvalue weighted by molar-refractivity contribution is -0.139. The first kappa shape index (κ1) is 29.0. The lowest BCUT2D eigenvalue weighted by Gasteiger charge is -2.37. The van der Waals surface area contributed by atoms with E-state index in [1.165, 1.54) is 41.7 Å². The van der Waals surface area contributed by atoms with E-state index in [2.05, 4.69) is 26.3 Å². The van der Waals surface area contributed by atoms with Gasteiger partial charge in [0, 0.05) is 80.8 Å². The SMILES string of the molecule is COc1ccc2c(c1)C1CC13Cn1c-2c(C2CCCCC2)c2ccc(cc21)C(=O)NS(=O)(=O)N(C)CCN1CCN(CC1)C3=O. The van der Waals surface area contributed by atoms with Crippen molar-refractivity contribution in [3.63, 3.8) is 0 Å². The Bertz CT molecular complexity index is 1820. The third kappa shape index (κ3) is 4.60. The van der Waals surface area contributed by atoms with Crippen LogP contribution in [0.15, 0.2) is 36.4 Å². The van der Waals surface area contributed by atoms with Gasteiger partial charge < -0.3 is 14.2 Å². The number of methoxy groups -OCH3 is 1. The average molecular weight is 632 g/mol. The van der Waals surface area contributed by atoms with Crippen LogP contribution in [0.2, 0.25) is 0 Å². The minimum absolute atomic E-state index is 0.0784. The largest absolute Gasteiger partial charge is 0.497 e. The van der Waals surface area contributed by atoms with Gasteiger partial charge in [-0.15, -0.1) is 0 Å². The molecule has 2 unspecified atom stereocenters. The van der Waals surface area contributed by atoms with Crippen LogP contribution in [0.4, 0.5) is 0 Å². The van der Waals surface area contributed by atoms with Crippen LogP contribution in [0.25, 0.3) is 22.2 Å². The Labute approximate surface area is 264 Å². The summed E-state index contributed by atoms with van der Waals surface area (Å²) in [7, 11) is -0.850. The molecule has 1 saturated heterocycles. The van der Waals surface area contributed by atoms with Crippen molar-refractivity contribution in [2.24, 2.45) is 5.41 Å². The number of benzene rings is 2. The van der Waals surface area contributed by atoms with E-state index in [1.54, 1.807) is 13.2 Å². The number of amides is 2. The molecule has 6 aliphatic rings. The summed E-state index contributed by atoms with van der Waals surface area (Å²) in [6, 6.07) is 11.9. The molecule has 45 heavy (non-hydrogen) atoms. The Morgan fingerprint density at radius 3 is 2.44 bits per heavy atom. The number of rotatable bonds is 2. The van der Waals surface area contributed by atoms with E-state index in [4.69, 9.17) is 4.74 Å². The van der Waals surface area contributed by atoms with Gasteiger partial charge in [0.1, 0.15) is 5.75 Å². The van der Waals surface area contributed by atoms with Gasteiger partial charge in [0.2, 0.25) is 5.91 Å². The number of piperazine rings is 1. The second kappa shape index (κ2) is 10.6. The number of carbonyl (C=O) groups excluding carboxylic acids is 2. The van der Waals surface area contributed by atoms with E-state index >= 15 is 0 Å². The summed E-state index contributed by atoms with van der Waals surface area (Å²) in [6.07, 6.45) is 6.56. The van der Waals surface area contributed by atoms with E-state index in [0.29, 0.717) is 50.7 Å². The number of likely N-dealkylation sites (N-methyl/N-ethyl adjacent to an activating group) is 1. The number of nitrogens with zero attached hydrogens (tertiary/aromatic N) is 4. The molecule has 2 aliphatic carbocycles. The molecule has 0 radical (unpaired) electrons. The van der Waals surface area contributed by atoms with Crippen LogP contribution in [0.1, 0.15) is 71.8 Å². The molecule has 2 saturated carbocycles. The van der Waals surface area contributed by atoms with E-state index in [0.717, 1.165) is 47.2 Å². The highest BCUT2D eigenvalue weighted by atomic mass is 32.2. The Balaban J connectivity index is 1.37. The van der Waals surface area contributed by atoms with Crippen molar-refractivity contribution in [2.45, 2.75) is 56.9 Å². The first-order valence-corrected chi connectivity index (χ1v) is 17.8. The molecule has 1 aromatic heterocycles. The third-order valence-corrected chi connectivity index (χ3v) is 12.7. The van der Waals surface area contributed by atoms with E-state index in [-0.39, 0.29) is 18.4 Å². The van der Waals surface area contributed by atoms with Crippen molar-refractivity contribution in [3.8, 4) is 17.0 Å². The summed E-state index contributed by atoms with van der Waals surface area (Å²) < 4.78 is 37.9. The normalized spacial score (nSPS) is 27.2. The quantitative estimate of drug-likeness (QED) is 0.460. The highest BCUT2D eigenvalue weighted by Gasteiger charge is 2.64. The van der Waals surface area contributed by atoms with Crippen molar-refractivity contribution in [1.29, 1.82) is 0 Å². The smallest absolute Gasteiger partial charge is 0.303 e. The first-order chi connectivity index (χ1) is 21.7. The Kier molecular flexibility index (Phi) is 6.82. The third-order valence-electron chi connectivity index (χ3n) is 11.2. The topological polar surface area (TPSA) is 104 Å². The zero-order valence-electron chi connectivity index (χ0n) is 26.0. The Hall–Kier alpha value is -3.41. The van der Waals surface area contributed by atoms with Crippen molar-refractivity contribution in [1.82, 2.24) is 23.4 Å². The zero-order valence-corrected chi connectivity index (χ0v) is 26.9. The van der Waals surface area contributed by atoms with Crippen LogP contribution < -0.4 is 9.46 Å². The molecule has 4 aliphatic heterocycles. The number of ether oxygens (including phenoxy) is 1. The van der Waals surface area contributed by atoms with Gasteiger partial charge >= 0.3 is 10.2 Å². The van der Waals surface area contributed by atoms with E-state index in [9.17, 15) is 18.0 Å². The van der Waals surface area contributed by atoms with Gasteiger partial charge in [0.05, 0.1) is 18.2 Å². The fourth-order valence-corrected chi connectivity index (χ4v) is 9.40. The highest BCUT2D eigenvalue weighted by molar-refractivity contribution is 7.87. The number of hydrogen-bond donors (Lipinski definition) is 1. The second-order valence-electron chi connectivity index (χ2n) is 13.7. The second-order valence-corrected chi connectivity index (χ2v) is 15.5. The van der Waals surface area contributed by atoms with Crippen LogP contribution in [0.5, 0.6) is 5.75 Å². The molecular weight excluding hydrogens is 590 g/mol. The standard InChI is InChI=1S/C34H41N5O5S/c1-36-12-13-37-14-16-38(17-15-37)33(41)34-20-28(34)27-19-24(44-2)9-11-25(27)31-30(22-6-4-3-5-7-22)26-10-8-23(18-29(26)39(31)21-34)32(40)35-45(36,42)43/h8-11,18-19,22,28H,3-7,12-17,20-21H2,1-2H3,(H,35,40). The number of fused-ring (bicyclic) bond motifs is 10. The fourth-order valence-electron chi connectivity index (χ4n) is 8.57. The minimum Gasteiger partial charge on any atom is -0.497 e. The van der Waals surface area contributed by atoms with Gasteiger partial charge in [0.25, 0.3) is 5.91 Å². The molecule has 2 amide bonds. The molecule has 238 valence electrons. The van der Waals surface area contributed by atoms with Gasteiger partial charge in [0.15, 0.2) is 0 Å². The van der Waals surface area contributed by atoms with Crippen molar-refractivity contribution in [3.05, 3.63) is 53.1 Å². The van der Waals surface area contributed by atoms with Crippen molar-refractivity contribution < 1.29 is 22.7 Å². The van der Waals surface area contributed by atoms with E-state index in [1.807, 2.05) is 23.1 Å². The zero-order chi connectivity index (χ0) is 31.1. The van der Waals surface area contributed by atoms with Gasteiger partial charge in [-0.1, -0.05) is 25.3 Å². The lowest BCUT2D eigenvalue weighted by atomic mass is 9.81. The molecule has 10 nitrogen and oxygen atoms in total. The summed E-state index contributed by atoms with van der Waals surface area (Å²) in [5.41, 5.74) is 5.34. The molecule has 2 atom stereocenters. The maximum Gasteiger partial charge on any atom is 0.303 e. The molecule has 2 aromatic carbocycles. The average Bonchev–Trinajstić information content (AvgIpc) is 3.72. The molecule has 6 bridgehead atoms. The summed E-state index contributed by atoms with van der Waals surface area (Å²) >= 11 is 0. The van der Waals surface area contributed by atoms with Crippen LogP contribution >= 0.6 is 0 Å². The van der Waals surface area contributed by atoms with Crippen LogP contribution in [-0.4, -0.2) is 92.3 Å². The number of nitrogens with one attached hydrogen (secondary N) is 1. The predicted molar refractivity (Wildman–Crippen MR) is 172 cm³/mol. The monoisotopic (exact) mass is 631 g/mol. The summed E-state index contributed by atoms with van der Waals surface area (Å²) in [5.74, 6) is 0.790. The number of carbonyl (C=O) groups is 2. The molecule has 1 N–H and O–H groups in total. The molecular formula is C34H41N5O5S. The Morgan fingerprint density at radius 2 is 1.69 bits per heavy atom. The van der Waals surface area contributed by atoms with E-state index < -0.39 is 21.5 Å². The maximum absolute atomic E-state index is 14.6. The summed E-state index contributed by atoms with van der Waals surface area (Å²) in [5, 5.41) is 1.09. The van der Waals surface area contributed by atoms with Gasteiger partial charge in [-0.2, -0.15) is 12.7 Å². The number of aromatic nitrogens is 1. The lowest BCUT2D eigenvalue weighted by Crippen LogP contribution is -2.53. The van der Waals surface area contributed by atoms with Gasteiger partial charge in [-0.25, -0.2) is 4.72 Å². The van der Waals surface area contributed by atoms with Gasteiger partial charge in [-0.05, 0) is 66.6 Å². The summed E-state index contributed by atoms with van der Waals surface area (Å²) in [4.78, 5) is 32.4. The first-order valence-electron chi connectivity index (χ1n) is 16.3. The molecule has 3 aromatic rings. The summed E-state index contributed by atoms with van der Waals surface area (Å²) in [6.45, 7) is 3.89. The minimum atomic E-state index is -4.03. The predicted octanol–water partition coefficient (Wildman–Crippen LogP) is 3.92. The number of hydrogen-bond acceptors (Lipinski definition) is 6. The molecule has 3 fully saturated rings. The van der Waals surface area contributed by atoms with Crippen molar-refractivity contribution in [2.75, 3.05) is 53.4 Å². The van der Waals surface area contributed by atoms with Crippen LogP contribution in [0, 0.1) is 5.41 Å². The maximum atomic E-state index is 14.6. The van der Waals surface area contributed by atoms with Crippen LogP contribution in [-0.2, 0) is 21.5 Å².